The molecule has 0 spiro atoms. The van der Waals surface area contributed by atoms with Crippen molar-refractivity contribution in [3.8, 4) is 0 Å². The number of hydrogen-bond acceptors (Lipinski definition) is 2. The van der Waals surface area contributed by atoms with Gasteiger partial charge in [0, 0.05) is 12.7 Å². The maximum atomic E-state index is 12.2. The van der Waals surface area contributed by atoms with E-state index in [1.165, 1.54) is 11.1 Å². The van der Waals surface area contributed by atoms with Crippen molar-refractivity contribution in [1.82, 2.24) is 5.32 Å². The van der Waals surface area contributed by atoms with Gasteiger partial charge in [-0.15, -0.1) is 0 Å². The van der Waals surface area contributed by atoms with Gasteiger partial charge in [0.2, 0.25) is 5.91 Å². The second-order valence-electron chi connectivity index (χ2n) is 5.80. The minimum atomic E-state index is -0.387. The molecule has 0 bridgehead atoms. The SMILES string of the molecule is CCNCCCc1ccc2c(c1)C(C)(C)C(=O)N2C. The van der Waals surface area contributed by atoms with E-state index in [0.717, 1.165) is 31.6 Å². The first kappa shape index (κ1) is 14.1. The van der Waals surface area contributed by atoms with E-state index in [2.05, 4.69) is 30.4 Å². The minimum Gasteiger partial charge on any atom is -0.317 e. The van der Waals surface area contributed by atoms with Crippen molar-refractivity contribution in [3.63, 3.8) is 0 Å². The van der Waals surface area contributed by atoms with Gasteiger partial charge in [-0.2, -0.15) is 0 Å². The second kappa shape index (κ2) is 5.33. The van der Waals surface area contributed by atoms with Crippen LogP contribution in [0, 0.1) is 0 Å². The third kappa shape index (κ3) is 2.52. The molecule has 2 rings (SSSR count). The molecule has 1 N–H and O–H groups in total. The Morgan fingerprint density at radius 2 is 2.05 bits per heavy atom. The minimum absolute atomic E-state index is 0.187. The predicted molar refractivity (Wildman–Crippen MR) is 79.7 cm³/mol. The van der Waals surface area contributed by atoms with E-state index in [1.54, 1.807) is 4.90 Å². The quantitative estimate of drug-likeness (QED) is 0.825. The highest BCUT2D eigenvalue weighted by molar-refractivity contribution is 6.07. The molecule has 0 radical (unpaired) electrons. The van der Waals surface area contributed by atoms with E-state index >= 15 is 0 Å². The molecule has 1 aliphatic heterocycles. The highest BCUT2D eigenvalue weighted by Crippen LogP contribution is 2.41. The number of hydrogen-bond donors (Lipinski definition) is 1. The highest BCUT2D eigenvalue weighted by atomic mass is 16.2. The van der Waals surface area contributed by atoms with Gasteiger partial charge in [0.15, 0.2) is 0 Å². The van der Waals surface area contributed by atoms with Crippen molar-refractivity contribution >= 4 is 11.6 Å². The molecule has 19 heavy (non-hydrogen) atoms. The third-order valence-corrected chi connectivity index (χ3v) is 4.00. The number of benzene rings is 1. The van der Waals surface area contributed by atoms with Gasteiger partial charge in [0.05, 0.1) is 5.41 Å². The first-order valence-electron chi connectivity index (χ1n) is 7.10. The van der Waals surface area contributed by atoms with Crippen LogP contribution in [0.5, 0.6) is 0 Å². The summed E-state index contributed by atoms with van der Waals surface area (Å²) in [6, 6.07) is 6.45. The van der Waals surface area contributed by atoms with E-state index in [9.17, 15) is 4.79 Å². The van der Waals surface area contributed by atoms with E-state index in [-0.39, 0.29) is 11.3 Å². The lowest BCUT2D eigenvalue weighted by Gasteiger charge is -2.16. The van der Waals surface area contributed by atoms with Gasteiger partial charge in [0.25, 0.3) is 0 Å². The molecular formula is C16H24N2O. The molecule has 3 heteroatoms. The van der Waals surface area contributed by atoms with Gasteiger partial charge in [-0.3, -0.25) is 4.79 Å². The van der Waals surface area contributed by atoms with Crippen molar-refractivity contribution in [3.05, 3.63) is 29.3 Å². The van der Waals surface area contributed by atoms with Crippen LogP contribution in [-0.4, -0.2) is 26.0 Å². The van der Waals surface area contributed by atoms with E-state index in [0.29, 0.717) is 0 Å². The summed E-state index contributed by atoms with van der Waals surface area (Å²) < 4.78 is 0. The average Bonchev–Trinajstić information content (AvgIpc) is 2.57. The fourth-order valence-electron chi connectivity index (χ4n) is 2.77. The van der Waals surface area contributed by atoms with Crippen LogP contribution in [0.15, 0.2) is 18.2 Å². The van der Waals surface area contributed by atoms with Crippen molar-refractivity contribution in [2.24, 2.45) is 0 Å². The Morgan fingerprint density at radius 3 is 2.74 bits per heavy atom. The third-order valence-electron chi connectivity index (χ3n) is 4.00. The van der Waals surface area contributed by atoms with Gasteiger partial charge < -0.3 is 10.2 Å². The van der Waals surface area contributed by atoms with Gasteiger partial charge in [-0.05, 0) is 57.0 Å². The first-order chi connectivity index (χ1) is 8.98. The number of likely N-dealkylation sites (N-methyl/N-ethyl adjacent to an activating group) is 1. The van der Waals surface area contributed by atoms with Crippen LogP contribution in [0.25, 0.3) is 0 Å². The van der Waals surface area contributed by atoms with Crippen LogP contribution in [0.4, 0.5) is 5.69 Å². The predicted octanol–water partition coefficient (Wildman–Crippen LogP) is 2.48. The lowest BCUT2D eigenvalue weighted by atomic mass is 9.85. The fraction of sp³-hybridized carbons (Fsp3) is 0.562. The molecule has 1 heterocycles. The molecule has 0 fully saturated rings. The molecule has 0 saturated heterocycles. The zero-order valence-electron chi connectivity index (χ0n) is 12.4. The molecule has 1 aromatic carbocycles. The average molecular weight is 260 g/mol. The van der Waals surface area contributed by atoms with Crippen molar-refractivity contribution in [2.75, 3.05) is 25.0 Å². The summed E-state index contributed by atoms with van der Waals surface area (Å²) in [6.07, 6.45) is 2.20. The van der Waals surface area contributed by atoms with E-state index in [4.69, 9.17) is 0 Å². The molecule has 0 atom stereocenters. The van der Waals surface area contributed by atoms with E-state index in [1.807, 2.05) is 20.9 Å². The smallest absolute Gasteiger partial charge is 0.236 e. The highest BCUT2D eigenvalue weighted by Gasteiger charge is 2.41. The van der Waals surface area contributed by atoms with Crippen molar-refractivity contribution in [1.29, 1.82) is 0 Å². The molecule has 0 aliphatic carbocycles. The Bertz CT molecular complexity index is 480. The molecule has 3 nitrogen and oxygen atoms in total. The summed E-state index contributed by atoms with van der Waals surface area (Å²) in [6.45, 7) is 8.23. The summed E-state index contributed by atoms with van der Waals surface area (Å²) in [4.78, 5) is 14.0. The van der Waals surface area contributed by atoms with Crippen LogP contribution in [-0.2, 0) is 16.6 Å². The number of carbonyl (C=O) groups excluding carboxylic acids is 1. The van der Waals surface area contributed by atoms with Crippen LogP contribution >= 0.6 is 0 Å². The number of fused-ring (bicyclic) bond motifs is 1. The molecule has 104 valence electrons. The number of amides is 1. The fourth-order valence-corrected chi connectivity index (χ4v) is 2.77. The molecule has 1 amide bonds. The molecule has 1 aromatic rings. The number of aryl methyl sites for hydroxylation is 1. The summed E-state index contributed by atoms with van der Waals surface area (Å²) in [5.74, 6) is 0.187. The topological polar surface area (TPSA) is 32.3 Å². The van der Waals surface area contributed by atoms with Gasteiger partial charge >= 0.3 is 0 Å². The number of rotatable bonds is 5. The van der Waals surface area contributed by atoms with Gasteiger partial charge in [0.1, 0.15) is 0 Å². The summed E-state index contributed by atoms with van der Waals surface area (Å²) in [5.41, 5.74) is 3.17. The number of anilines is 1. The number of nitrogens with one attached hydrogen (secondary N) is 1. The summed E-state index contributed by atoms with van der Waals surface area (Å²) in [7, 11) is 1.86. The lowest BCUT2D eigenvalue weighted by molar-refractivity contribution is -0.121. The van der Waals surface area contributed by atoms with Gasteiger partial charge in [-0.1, -0.05) is 19.1 Å². The molecular weight excluding hydrogens is 236 g/mol. The van der Waals surface area contributed by atoms with Crippen LogP contribution in [0.3, 0.4) is 0 Å². The Balaban J connectivity index is 2.16. The Hall–Kier alpha value is -1.35. The molecule has 0 saturated carbocycles. The first-order valence-corrected chi connectivity index (χ1v) is 7.10. The lowest BCUT2D eigenvalue weighted by Crippen LogP contribution is -2.33. The monoisotopic (exact) mass is 260 g/mol. The van der Waals surface area contributed by atoms with E-state index < -0.39 is 0 Å². The largest absolute Gasteiger partial charge is 0.317 e. The Kier molecular flexibility index (Phi) is 3.95. The van der Waals surface area contributed by atoms with Crippen molar-refractivity contribution in [2.45, 2.75) is 39.0 Å². The molecule has 0 unspecified atom stereocenters. The number of nitrogens with zero attached hydrogens (tertiary/aromatic N) is 1. The maximum Gasteiger partial charge on any atom is 0.236 e. The Labute approximate surface area is 116 Å². The summed E-state index contributed by atoms with van der Waals surface area (Å²) in [5, 5.41) is 3.34. The van der Waals surface area contributed by atoms with Crippen LogP contribution in [0.1, 0.15) is 38.3 Å². The van der Waals surface area contributed by atoms with Gasteiger partial charge in [-0.25, -0.2) is 0 Å². The van der Waals surface area contributed by atoms with Crippen LogP contribution < -0.4 is 10.2 Å². The zero-order valence-corrected chi connectivity index (χ0v) is 12.4. The molecule has 1 aliphatic rings. The standard InChI is InChI=1S/C16H24N2O/c1-5-17-10-6-7-12-8-9-14-13(11-12)16(2,3)15(19)18(14)4/h8-9,11,17H,5-7,10H2,1-4H3. The summed E-state index contributed by atoms with van der Waals surface area (Å²) >= 11 is 0. The second-order valence-corrected chi connectivity index (χ2v) is 5.80. The van der Waals surface area contributed by atoms with Crippen LogP contribution in [0.2, 0.25) is 0 Å². The zero-order chi connectivity index (χ0) is 14.0. The van der Waals surface area contributed by atoms with Crippen molar-refractivity contribution < 1.29 is 4.79 Å². The molecule has 0 aromatic heterocycles. The maximum absolute atomic E-state index is 12.2. The number of carbonyl (C=O) groups is 1. The Morgan fingerprint density at radius 1 is 1.32 bits per heavy atom. The normalized spacial score (nSPS) is 16.8.